The van der Waals surface area contributed by atoms with Crippen LogP contribution in [0.5, 0.6) is 0 Å². The topological polar surface area (TPSA) is 68.2 Å². The molecule has 2 aliphatic heterocycles. The molecular weight excluding hydrogens is 344 g/mol. The van der Waals surface area contributed by atoms with Crippen LogP contribution in [0.1, 0.15) is 40.0 Å². The number of rotatable bonds is 4. The Morgan fingerprint density at radius 1 is 1.26 bits per heavy atom. The molecule has 27 heavy (non-hydrogen) atoms. The van der Waals surface area contributed by atoms with Crippen LogP contribution >= 0.6 is 0 Å². The lowest BCUT2D eigenvalue weighted by Gasteiger charge is -2.58. The van der Waals surface area contributed by atoms with Crippen molar-refractivity contribution in [2.24, 2.45) is 16.4 Å². The van der Waals surface area contributed by atoms with E-state index in [1.165, 1.54) is 6.92 Å². The quantitative estimate of drug-likeness (QED) is 0.762. The van der Waals surface area contributed by atoms with E-state index in [2.05, 4.69) is 18.9 Å². The van der Waals surface area contributed by atoms with E-state index in [4.69, 9.17) is 9.47 Å². The van der Waals surface area contributed by atoms with Gasteiger partial charge in [-0.05, 0) is 31.9 Å². The van der Waals surface area contributed by atoms with Crippen molar-refractivity contribution in [2.45, 2.75) is 58.3 Å². The second-order valence-corrected chi connectivity index (χ2v) is 8.30. The first kappa shape index (κ1) is 18.2. The SMILES string of the molecule is CC(=O)[C@@H]1CC(C(=O)O[C@@H]2[C@@H]3CCCO[C@H]3C2(C)C)=NN1c1ccccc1. The van der Waals surface area contributed by atoms with Gasteiger partial charge in [0.1, 0.15) is 17.9 Å². The number of fused-ring (bicyclic) bond motifs is 1. The van der Waals surface area contributed by atoms with Crippen LogP contribution in [-0.2, 0) is 19.1 Å². The summed E-state index contributed by atoms with van der Waals surface area (Å²) < 4.78 is 11.8. The zero-order valence-corrected chi connectivity index (χ0v) is 16.1. The highest BCUT2D eigenvalue weighted by molar-refractivity contribution is 6.38. The molecule has 6 heteroatoms. The lowest BCUT2D eigenvalue weighted by atomic mass is 9.57. The van der Waals surface area contributed by atoms with Gasteiger partial charge >= 0.3 is 5.97 Å². The van der Waals surface area contributed by atoms with Crippen molar-refractivity contribution in [3.05, 3.63) is 30.3 Å². The van der Waals surface area contributed by atoms with Gasteiger partial charge in [-0.2, -0.15) is 5.10 Å². The highest BCUT2D eigenvalue weighted by Crippen LogP contribution is 2.53. The zero-order valence-electron chi connectivity index (χ0n) is 16.1. The number of carbonyl (C=O) groups excluding carboxylic acids is 2. The molecule has 144 valence electrons. The molecular formula is C21H26N2O4. The Bertz CT molecular complexity index is 774. The van der Waals surface area contributed by atoms with E-state index in [0.29, 0.717) is 5.71 Å². The van der Waals surface area contributed by atoms with Gasteiger partial charge in [-0.1, -0.05) is 32.0 Å². The molecule has 0 radical (unpaired) electrons. The molecule has 1 aromatic carbocycles. The molecule has 2 fully saturated rings. The summed E-state index contributed by atoms with van der Waals surface area (Å²) in [6.07, 6.45) is 2.28. The van der Waals surface area contributed by atoms with Crippen LogP contribution < -0.4 is 5.01 Å². The fourth-order valence-electron chi connectivity index (χ4n) is 4.67. The number of carbonyl (C=O) groups is 2. The summed E-state index contributed by atoms with van der Waals surface area (Å²) in [5.74, 6) is -0.176. The minimum Gasteiger partial charge on any atom is -0.457 e. The maximum atomic E-state index is 12.8. The molecule has 1 saturated heterocycles. The van der Waals surface area contributed by atoms with E-state index in [-0.39, 0.29) is 35.7 Å². The van der Waals surface area contributed by atoms with Crippen molar-refractivity contribution < 1.29 is 19.1 Å². The Hall–Kier alpha value is -2.21. The molecule has 0 N–H and O–H groups in total. The average Bonchev–Trinajstić information content (AvgIpc) is 3.12. The minimum absolute atomic E-state index is 0.0184. The number of hydrazone groups is 1. The van der Waals surface area contributed by atoms with Gasteiger partial charge in [0.05, 0.1) is 11.8 Å². The van der Waals surface area contributed by atoms with Gasteiger partial charge in [-0.25, -0.2) is 4.79 Å². The van der Waals surface area contributed by atoms with Crippen LogP contribution in [0.4, 0.5) is 5.69 Å². The smallest absolute Gasteiger partial charge is 0.354 e. The molecule has 0 aromatic heterocycles. The number of nitrogens with zero attached hydrogens (tertiary/aromatic N) is 2. The number of hydrogen-bond donors (Lipinski definition) is 0. The van der Waals surface area contributed by atoms with E-state index < -0.39 is 12.0 Å². The predicted molar refractivity (Wildman–Crippen MR) is 102 cm³/mol. The van der Waals surface area contributed by atoms with Crippen molar-refractivity contribution in [1.82, 2.24) is 0 Å². The van der Waals surface area contributed by atoms with E-state index in [1.807, 2.05) is 30.3 Å². The van der Waals surface area contributed by atoms with Crippen LogP contribution in [0, 0.1) is 11.3 Å². The van der Waals surface area contributed by atoms with Crippen molar-refractivity contribution in [1.29, 1.82) is 0 Å². The fraction of sp³-hybridized carbons (Fsp3) is 0.571. The Kier molecular flexibility index (Phi) is 4.54. The third-order valence-electron chi connectivity index (χ3n) is 6.09. The van der Waals surface area contributed by atoms with Crippen LogP contribution in [0.3, 0.4) is 0 Å². The number of benzene rings is 1. The number of anilines is 1. The second-order valence-electron chi connectivity index (χ2n) is 8.30. The normalized spacial score (nSPS) is 31.5. The Morgan fingerprint density at radius 2 is 2.00 bits per heavy atom. The molecule has 0 spiro atoms. The molecule has 1 aliphatic carbocycles. The molecule has 1 saturated carbocycles. The lowest BCUT2D eigenvalue weighted by molar-refractivity contribution is -0.251. The minimum atomic E-state index is -0.463. The van der Waals surface area contributed by atoms with Gasteiger partial charge in [0.2, 0.25) is 0 Å². The van der Waals surface area contributed by atoms with E-state index in [9.17, 15) is 9.59 Å². The summed E-state index contributed by atoms with van der Waals surface area (Å²) >= 11 is 0. The lowest BCUT2D eigenvalue weighted by Crippen LogP contribution is -2.65. The van der Waals surface area contributed by atoms with Crippen LogP contribution in [0.15, 0.2) is 35.4 Å². The van der Waals surface area contributed by atoms with Gasteiger partial charge in [-0.3, -0.25) is 9.80 Å². The highest BCUT2D eigenvalue weighted by Gasteiger charge is 2.60. The summed E-state index contributed by atoms with van der Waals surface area (Å²) in [6.45, 7) is 6.48. The number of para-hydroxylation sites is 1. The largest absolute Gasteiger partial charge is 0.457 e. The van der Waals surface area contributed by atoms with Crippen molar-refractivity contribution in [3.8, 4) is 0 Å². The van der Waals surface area contributed by atoms with Gasteiger partial charge in [0, 0.05) is 24.4 Å². The first-order valence-electron chi connectivity index (χ1n) is 9.64. The number of Topliss-reactive ketones (excluding diaryl/α,β-unsaturated/α-hetero) is 1. The van der Waals surface area contributed by atoms with Crippen molar-refractivity contribution in [3.63, 3.8) is 0 Å². The summed E-state index contributed by atoms with van der Waals surface area (Å²) in [6, 6.07) is 8.98. The van der Waals surface area contributed by atoms with Crippen molar-refractivity contribution >= 4 is 23.2 Å². The molecule has 2 heterocycles. The maximum absolute atomic E-state index is 12.8. The van der Waals surface area contributed by atoms with Gasteiger partial charge in [0.25, 0.3) is 0 Å². The molecule has 6 nitrogen and oxygen atoms in total. The number of esters is 1. The second kappa shape index (κ2) is 6.75. The number of ketones is 1. The first-order valence-corrected chi connectivity index (χ1v) is 9.64. The third-order valence-corrected chi connectivity index (χ3v) is 6.09. The van der Waals surface area contributed by atoms with E-state index in [0.717, 1.165) is 25.1 Å². The molecule has 1 aromatic rings. The summed E-state index contributed by atoms with van der Waals surface area (Å²) in [4.78, 5) is 24.9. The Balaban J connectivity index is 1.51. The average molecular weight is 370 g/mol. The first-order chi connectivity index (χ1) is 12.9. The Labute approximate surface area is 159 Å². The molecule has 0 bridgehead atoms. The van der Waals surface area contributed by atoms with Gasteiger partial charge in [0.15, 0.2) is 5.78 Å². The van der Waals surface area contributed by atoms with Crippen LogP contribution in [-0.4, -0.2) is 42.3 Å². The highest BCUT2D eigenvalue weighted by atomic mass is 16.6. The summed E-state index contributed by atoms with van der Waals surface area (Å²) in [5.41, 5.74) is 0.916. The van der Waals surface area contributed by atoms with E-state index in [1.54, 1.807) is 5.01 Å². The zero-order chi connectivity index (χ0) is 19.2. The third kappa shape index (κ3) is 3.06. The number of hydrogen-bond acceptors (Lipinski definition) is 6. The van der Waals surface area contributed by atoms with Crippen LogP contribution in [0.25, 0.3) is 0 Å². The van der Waals surface area contributed by atoms with E-state index >= 15 is 0 Å². The van der Waals surface area contributed by atoms with Gasteiger partial charge < -0.3 is 9.47 Å². The summed E-state index contributed by atoms with van der Waals surface area (Å²) in [7, 11) is 0. The van der Waals surface area contributed by atoms with Crippen LogP contribution in [0.2, 0.25) is 0 Å². The standard InChI is InChI=1S/C21H26N2O4/c1-13(24)17-12-16(22-23(17)14-8-5-4-6-9-14)20(25)27-19-15-10-7-11-26-18(15)21(19,2)3/h4-6,8-9,15,17-19H,7,10-12H2,1-3H3/t15-,17+,18-,19-/m1/s1. The molecule has 4 rings (SSSR count). The molecule has 4 atom stereocenters. The molecule has 0 amide bonds. The van der Waals surface area contributed by atoms with Crippen molar-refractivity contribution in [2.75, 3.05) is 11.6 Å². The number of ether oxygens (including phenoxy) is 2. The summed E-state index contributed by atoms with van der Waals surface area (Å²) in [5, 5.41) is 6.08. The molecule has 3 aliphatic rings. The van der Waals surface area contributed by atoms with Gasteiger partial charge in [-0.15, -0.1) is 0 Å². The fourth-order valence-corrected chi connectivity index (χ4v) is 4.67. The molecule has 0 unspecified atom stereocenters. The maximum Gasteiger partial charge on any atom is 0.354 e. The monoisotopic (exact) mass is 370 g/mol. The predicted octanol–water partition coefficient (Wildman–Crippen LogP) is 2.96. The Morgan fingerprint density at radius 3 is 2.70 bits per heavy atom.